The number of methoxy groups -OCH3 is 1. The molecule has 0 bridgehead atoms. The van der Waals surface area contributed by atoms with E-state index in [0.29, 0.717) is 12.1 Å². The van der Waals surface area contributed by atoms with Gasteiger partial charge in [-0.3, -0.25) is 14.7 Å². The number of likely N-dealkylation sites (tertiary alicyclic amines) is 2. The Morgan fingerprint density at radius 3 is 2.54 bits per heavy atom. The maximum Gasteiger partial charge on any atom is 0.270 e. The number of pyridine rings is 1. The van der Waals surface area contributed by atoms with Crippen LogP contribution in [-0.2, 0) is 11.8 Å². The molecular weight excluding hydrogens is 328 g/mol. The second-order valence-electron chi connectivity index (χ2n) is 7.22. The average molecular weight is 354 g/mol. The van der Waals surface area contributed by atoms with E-state index in [1.165, 1.54) is 5.56 Å². The van der Waals surface area contributed by atoms with Crippen molar-refractivity contribution in [3.05, 3.63) is 54.1 Å². The third-order valence-corrected chi connectivity index (χ3v) is 5.83. The Labute approximate surface area is 154 Å². The van der Waals surface area contributed by atoms with Gasteiger partial charge < -0.3 is 14.2 Å². The van der Waals surface area contributed by atoms with E-state index < -0.39 is 0 Å². The van der Waals surface area contributed by atoms with Crippen LogP contribution < -0.4 is 0 Å². The van der Waals surface area contributed by atoms with Crippen molar-refractivity contribution in [3.63, 3.8) is 0 Å². The van der Waals surface area contributed by atoms with Crippen molar-refractivity contribution in [2.45, 2.75) is 31.0 Å². The first kappa shape index (κ1) is 17.2. The SMILES string of the molecule is COC1CN(C2CCN(C(=O)c3cccn3C)CC2)C1c1ccncc1. The lowest BCUT2D eigenvalue weighted by Crippen LogP contribution is -2.60. The van der Waals surface area contributed by atoms with Crippen molar-refractivity contribution < 1.29 is 9.53 Å². The molecule has 2 fully saturated rings. The molecule has 4 rings (SSSR count). The molecule has 0 N–H and O–H groups in total. The van der Waals surface area contributed by atoms with Crippen molar-refractivity contribution in [3.8, 4) is 0 Å². The molecule has 0 aromatic carbocycles. The first-order valence-electron chi connectivity index (χ1n) is 9.28. The molecule has 2 saturated heterocycles. The van der Waals surface area contributed by atoms with Crippen LogP contribution in [0, 0.1) is 0 Å². The summed E-state index contributed by atoms with van der Waals surface area (Å²) in [4.78, 5) is 21.3. The van der Waals surface area contributed by atoms with Crippen LogP contribution in [0.3, 0.4) is 0 Å². The minimum absolute atomic E-state index is 0.139. The van der Waals surface area contributed by atoms with Crippen LogP contribution in [0.1, 0.15) is 34.9 Å². The zero-order valence-corrected chi connectivity index (χ0v) is 15.4. The average Bonchev–Trinajstić information content (AvgIpc) is 3.08. The molecule has 2 aliphatic heterocycles. The molecule has 0 spiro atoms. The number of aromatic nitrogens is 2. The van der Waals surface area contributed by atoms with Gasteiger partial charge in [-0.1, -0.05) is 0 Å². The fraction of sp³-hybridized carbons (Fsp3) is 0.500. The van der Waals surface area contributed by atoms with Crippen LogP contribution >= 0.6 is 0 Å². The molecular formula is C20H26N4O2. The predicted octanol–water partition coefficient (Wildman–Crippen LogP) is 2.10. The first-order chi connectivity index (χ1) is 12.7. The van der Waals surface area contributed by atoms with Crippen LogP contribution in [-0.4, -0.2) is 64.1 Å². The van der Waals surface area contributed by atoms with Gasteiger partial charge in [-0.15, -0.1) is 0 Å². The number of aryl methyl sites for hydroxylation is 1. The summed E-state index contributed by atoms with van der Waals surface area (Å²) in [5, 5.41) is 0. The Hall–Kier alpha value is -2.18. The summed E-state index contributed by atoms with van der Waals surface area (Å²) in [6.45, 7) is 2.58. The van der Waals surface area contributed by atoms with Crippen LogP contribution in [0.25, 0.3) is 0 Å². The Kier molecular flexibility index (Phi) is 4.78. The number of hydrogen-bond acceptors (Lipinski definition) is 4. The molecule has 0 saturated carbocycles. The fourth-order valence-corrected chi connectivity index (χ4v) is 4.29. The van der Waals surface area contributed by atoms with Crippen molar-refractivity contribution in [2.75, 3.05) is 26.7 Å². The highest BCUT2D eigenvalue weighted by molar-refractivity contribution is 5.92. The van der Waals surface area contributed by atoms with Crippen molar-refractivity contribution in [1.82, 2.24) is 19.4 Å². The largest absolute Gasteiger partial charge is 0.378 e. The molecule has 6 heteroatoms. The van der Waals surface area contributed by atoms with Gasteiger partial charge in [0, 0.05) is 58.4 Å². The third kappa shape index (κ3) is 3.04. The Morgan fingerprint density at radius 2 is 1.92 bits per heavy atom. The van der Waals surface area contributed by atoms with Gasteiger partial charge >= 0.3 is 0 Å². The van der Waals surface area contributed by atoms with Crippen LogP contribution in [0.15, 0.2) is 42.9 Å². The molecule has 2 aliphatic rings. The van der Waals surface area contributed by atoms with Crippen molar-refractivity contribution >= 4 is 5.91 Å². The van der Waals surface area contributed by atoms with E-state index in [2.05, 4.69) is 22.0 Å². The predicted molar refractivity (Wildman–Crippen MR) is 98.8 cm³/mol. The molecule has 2 aromatic heterocycles. The van der Waals surface area contributed by atoms with Gasteiger partial charge in [0.25, 0.3) is 5.91 Å². The standard InChI is InChI=1S/C20H26N4O2/c1-22-11-3-4-17(22)20(25)23-12-7-16(8-13-23)24-14-18(26-2)19(24)15-5-9-21-10-6-15/h3-6,9-11,16,18-19H,7-8,12-14H2,1-2H3. The summed E-state index contributed by atoms with van der Waals surface area (Å²) in [6.07, 6.45) is 7.87. The van der Waals surface area contributed by atoms with E-state index in [0.717, 1.165) is 38.2 Å². The molecule has 2 aromatic rings. The number of ether oxygens (including phenoxy) is 1. The number of carbonyl (C=O) groups is 1. The van der Waals surface area contributed by atoms with Crippen LogP contribution in [0.4, 0.5) is 0 Å². The third-order valence-electron chi connectivity index (χ3n) is 5.83. The number of amides is 1. The number of rotatable bonds is 4. The van der Waals surface area contributed by atoms with Gasteiger partial charge in [-0.25, -0.2) is 0 Å². The zero-order chi connectivity index (χ0) is 18.1. The number of carbonyl (C=O) groups excluding carboxylic acids is 1. The zero-order valence-electron chi connectivity index (χ0n) is 15.4. The molecule has 1 amide bonds. The first-order valence-corrected chi connectivity index (χ1v) is 9.28. The van der Waals surface area contributed by atoms with Gasteiger partial charge in [0.15, 0.2) is 0 Å². The van der Waals surface area contributed by atoms with Crippen molar-refractivity contribution in [1.29, 1.82) is 0 Å². The van der Waals surface area contributed by atoms with Crippen LogP contribution in [0.5, 0.6) is 0 Å². The Bertz CT molecular complexity index is 752. The quantitative estimate of drug-likeness (QED) is 0.844. The van der Waals surface area contributed by atoms with E-state index in [1.807, 2.05) is 47.2 Å². The number of hydrogen-bond donors (Lipinski definition) is 0. The topological polar surface area (TPSA) is 50.6 Å². The normalized spacial score (nSPS) is 24.5. The van der Waals surface area contributed by atoms with Gasteiger partial charge in [0.1, 0.15) is 5.69 Å². The van der Waals surface area contributed by atoms with E-state index in [4.69, 9.17) is 4.74 Å². The van der Waals surface area contributed by atoms with Crippen molar-refractivity contribution in [2.24, 2.45) is 7.05 Å². The lowest BCUT2D eigenvalue weighted by atomic mass is 9.87. The summed E-state index contributed by atoms with van der Waals surface area (Å²) in [6, 6.07) is 8.77. The molecule has 0 radical (unpaired) electrons. The van der Waals surface area contributed by atoms with Gasteiger partial charge in [0.05, 0.1) is 12.1 Å². The summed E-state index contributed by atoms with van der Waals surface area (Å²) in [5.74, 6) is 0.139. The fourth-order valence-electron chi connectivity index (χ4n) is 4.29. The summed E-state index contributed by atoms with van der Waals surface area (Å²) in [5.41, 5.74) is 2.03. The van der Waals surface area contributed by atoms with Crippen LogP contribution in [0.2, 0.25) is 0 Å². The lowest BCUT2D eigenvalue weighted by Gasteiger charge is -2.53. The minimum atomic E-state index is 0.139. The molecule has 6 nitrogen and oxygen atoms in total. The lowest BCUT2D eigenvalue weighted by molar-refractivity contribution is -0.115. The summed E-state index contributed by atoms with van der Waals surface area (Å²) < 4.78 is 7.56. The highest BCUT2D eigenvalue weighted by atomic mass is 16.5. The maximum absolute atomic E-state index is 12.7. The Balaban J connectivity index is 1.40. The smallest absolute Gasteiger partial charge is 0.270 e. The van der Waals surface area contributed by atoms with Gasteiger partial charge in [-0.05, 0) is 42.7 Å². The highest BCUT2D eigenvalue weighted by Crippen LogP contribution is 2.39. The summed E-state index contributed by atoms with van der Waals surface area (Å²) >= 11 is 0. The molecule has 2 atom stereocenters. The van der Waals surface area contributed by atoms with E-state index in [1.54, 1.807) is 7.11 Å². The highest BCUT2D eigenvalue weighted by Gasteiger charge is 2.44. The second-order valence-corrected chi connectivity index (χ2v) is 7.22. The van der Waals surface area contributed by atoms with Gasteiger partial charge in [-0.2, -0.15) is 0 Å². The molecule has 4 heterocycles. The minimum Gasteiger partial charge on any atom is -0.378 e. The molecule has 0 aliphatic carbocycles. The molecule has 26 heavy (non-hydrogen) atoms. The maximum atomic E-state index is 12.7. The number of nitrogens with zero attached hydrogens (tertiary/aromatic N) is 4. The monoisotopic (exact) mass is 354 g/mol. The Morgan fingerprint density at radius 1 is 1.19 bits per heavy atom. The van der Waals surface area contributed by atoms with Gasteiger partial charge in [0.2, 0.25) is 0 Å². The van der Waals surface area contributed by atoms with E-state index in [-0.39, 0.29) is 12.0 Å². The van der Waals surface area contributed by atoms with E-state index in [9.17, 15) is 4.79 Å². The molecule has 2 unspecified atom stereocenters. The number of piperidine rings is 1. The van der Waals surface area contributed by atoms with E-state index >= 15 is 0 Å². The second kappa shape index (κ2) is 7.21. The summed E-state index contributed by atoms with van der Waals surface area (Å²) in [7, 11) is 3.71. The molecule has 138 valence electrons.